The fourth-order valence-corrected chi connectivity index (χ4v) is 2.40. The molecule has 17 heavy (non-hydrogen) atoms. The first-order valence-corrected chi connectivity index (χ1v) is 6.29. The van der Waals surface area contributed by atoms with E-state index in [1.807, 2.05) is 32.4 Å². The third kappa shape index (κ3) is 2.56. The highest BCUT2D eigenvalue weighted by Crippen LogP contribution is 2.24. The molecule has 2 aromatic heterocycles. The van der Waals surface area contributed by atoms with Crippen LogP contribution in [0.5, 0.6) is 0 Å². The van der Waals surface area contributed by atoms with Gasteiger partial charge in [0, 0.05) is 38.0 Å². The summed E-state index contributed by atoms with van der Waals surface area (Å²) in [6.07, 6.45) is 4.54. The van der Waals surface area contributed by atoms with Gasteiger partial charge in [-0.15, -0.1) is 0 Å². The van der Waals surface area contributed by atoms with Gasteiger partial charge in [-0.1, -0.05) is 0 Å². The van der Waals surface area contributed by atoms with E-state index < -0.39 is 0 Å². The molecule has 0 bridgehead atoms. The van der Waals surface area contributed by atoms with Crippen LogP contribution in [0.1, 0.15) is 5.69 Å². The van der Waals surface area contributed by atoms with E-state index in [0.29, 0.717) is 0 Å². The maximum Gasteiger partial charge on any atom is 0.142 e. The molecule has 0 radical (unpaired) electrons. The van der Waals surface area contributed by atoms with Crippen molar-refractivity contribution >= 4 is 15.9 Å². The van der Waals surface area contributed by atoms with Gasteiger partial charge in [0.2, 0.25) is 0 Å². The average Bonchev–Trinajstić information content (AvgIpc) is 2.64. The Labute approximate surface area is 109 Å². The minimum absolute atomic E-state index is 0.911. The Hall–Kier alpha value is -1.20. The number of hydrogen-bond acceptors (Lipinski definition) is 3. The highest BCUT2D eigenvalue weighted by Gasteiger charge is 2.13. The summed E-state index contributed by atoms with van der Waals surface area (Å²) in [4.78, 5) is 8.67. The molecular formula is C12H15BrN4. The summed E-state index contributed by atoms with van der Waals surface area (Å²) in [5.74, 6) is 0.941. The van der Waals surface area contributed by atoms with Gasteiger partial charge in [-0.25, -0.2) is 4.98 Å². The van der Waals surface area contributed by atoms with Gasteiger partial charge < -0.3 is 9.88 Å². The van der Waals surface area contributed by atoms with Crippen molar-refractivity contribution in [3.05, 3.63) is 34.8 Å². The van der Waals surface area contributed by atoms with Crippen molar-refractivity contribution in [3.63, 3.8) is 0 Å². The highest BCUT2D eigenvalue weighted by molar-refractivity contribution is 9.10. The average molecular weight is 295 g/mol. The topological polar surface area (TPSA) is 42.7 Å². The summed E-state index contributed by atoms with van der Waals surface area (Å²) >= 11 is 3.52. The standard InChI is InChI=1S/C12H15BrN4/c1-14-7-5-10-11(13)16-12(17(10)2)9-4-3-6-15-8-9/h3-4,6,8,14H,5,7H2,1-2H3. The zero-order valence-electron chi connectivity index (χ0n) is 9.94. The number of aromatic nitrogens is 3. The molecule has 2 heterocycles. The second-order valence-corrected chi connectivity index (χ2v) is 4.58. The van der Waals surface area contributed by atoms with Crippen LogP contribution in [0.2, 0.25) is 0 Å². The maximum absolute atomic E-state index is 4.55. The SMILES string of the molecule is CNCCc1c(Br)nc(-c2cccnc2)n1C. The minimum Gasteiger partial charge on any atom is -0.330 e. The van der Waals surface area contributed by atoms with Crippen molar-refractivity contribution in [1.82, 2.24) is 19.9 Å². The van der Waals surface area contributed by atoms with Gasteiger partial charge in [0.1, 0.15) is 10.4 Å². The molecule has 4 nitrogen and oxygen atoms in total. The molecule has 0 unspecified atom stereocenters. The molecule has 0 aliphatic carbocycles. The number of likely N-dealkylation sites (N-methyl/N-ethyl adjacent to an activating group) is 1. The van der Waals surface area contributed by atoms with E-state index in [9.17, 15) is 0 Å². The van der Waals surface area contributed by atoms with Crippen LogP contribution >= 0.6 is 15.9 Å². The monoisotopic (exact) mass is 294 g/mol. The lowest BCUT2D eigenvalue weighted by Gasteiger charge is -2.05. The fraction of sp³-hybridized carbons (Fsp3) is 0.333. The Morgan fingerprint density at radius 2 is 2.29 bits per heavy atom. The molecule has 5 heteroatoms. The van der Waals surface area contributed by atoms with E-state index in [2.05, 4.69) is 35.8 Å². The molecule has 1 N–H and O–H groups in total. The number of hydrogen-bond donors (Lipinski definition) is 1. The second-order valence-electron chi connectivity index (χ2n) is 3.83. The van der Waals surface area contributed by atoms with Gasteiger partial charge >= 0.3 is 0 Å². The predicted molar refractivity (Wildman–Crippen MR) is 71.8 cm³/mol. The molecule has 0 saturated heterocycles. The summed E-state index contributed by atoms with van der Waals surface area (Å²) in [5, 5.41) is 3.15. The first-order valence-electron chi connectivity index (χ1n) is 5.50. The van der Waals surface area contributed by atoms with Crippen LogP contribution in [0.4, 0.5) is 0 Å². The molecule has 0 aliphatic rings. The second kappa shape index (κ2) is 5.42. The molecule has 0 aliphatic heterocycles. The largest absolute Gasteiger partial charge is 0.330 e. The summed E-state index contributed by atoms with van der Waals surface area (Å²) in [6.45, 7) is 0.935. The molecule has 0 fully saturated rings. The van der Waals surface area contributed by atoms with Crippen molar-refractivity contribution < 1.29 is 0 Å². The van der Waals surface area contributed by atoms with Crippen LogP contribution in [-0.2, 0) is 13.5 Å². The Kier molecular flexibility index (Phi) is 3.91. The van der Waals surface area contributed by atoms with Crippen LogP contribution in [0, 0.1) is 0 Å². The Balaban J connectivity index is 2.37. The molecule has 2 aromatic rings. The van der Waals surface area contributed by atoms with E-state index in [-0.39, 0.29) is 0 Å². The lowest BCUT2D eigenvalue weighted by atomic mass is 10.2. The number of nitrogens with zero attached hydrogens (tertiary/aromatic N) is 3. The Bertz CT molecular complexity index is 493. The smallest absolute Gasteiger partial charge is 0.142 e. The fourth-order valence-electron chi connectivity index (χ4n) is 1.77. The summed E-state index contributed by atoms with van der Waals surface area (Å²) in [7, 11) is 3.98. The number of nitrogens with one attached hydrogen (secondary N) is 1. The third-order valence-corrected chi connectivity index (χ3v) is 3.33. The van der Waals surface area contributed by atoms with Gasteiger partial charge in [-0.3, -0.25) is 4.98 Å². The first-order chi connectivity index (χ1) is 8.24. The van der Waals surface area contributed by atoms with Gasteiger partial charge in [-0.2, -0.15) is 0 Å². The van der Waals surface area contributed by atoms with Crippen molar-refractivity contribution in [3.8, 4) is 11.4 Å². The maximum atomic E-state index is 4.55. The van der Waals surface area contributed by atoms with Crippen molar-refractivity contribution in [2.24, 2.45) is 7.05 Å². The zero-order valence-corrected chi connectivity index (χ0v) is 11.5. The molecule has 0 aromatic carbocycles. The van der Waals surface area contributed by atoms with Crippen LogP contribution in [0.25, 0.3) is 11.4 Å². The predicted octanol–water partition coefficient (Wildman–Crippen LogP) is 2.01. The number of rotatable bonds is 4. The van der Waals surface area contributed by atoms with E-state index in [0.717, 1.165) is 29.0 Å². The number of imidazole rings is 1. The van der Waals surface area contributed by atoms with Crippen LogP contribution in [0.15, 0.2) is 29.1 Å². The molecular weight excluding hydrogens is 280 g/mol. The van der Waals surface area contributed by atoms with E-state index >= 15 is 0 Å². The lowest BCUT2D eigenvalue weighted by molar-refractivity contribution is 0.737. The molecule has 2 rings (SSSR count). The van der Waals surface area contributed by atoms with E-state index in [1.54, 1.807) is 6.20 Å². The van der Waals surface area contributed by atoms with E-state index in [1.165, 1.54) is 5.69 Å². The van der Waals surface area contributed by atoms with Gasteiger partial charge in [0.25, 0.3) is 0 Å². The normalized spacial score (nSPS) is 10.8. The Morgan fingerprint density at radius 3 is 2.94 bits per heavy atom. The molecule has 90 valence electrons. The summed E-state index contributed by atoms with van der Waals surface area (Å²) in [5.41, 5.74) is 2.23. The number of pyridine rings is 1. The minimum atomic E-state index is 0.911. The van der Waals surface area contributed by atoms with Crippen LogP contribution in [0.3, 0.4) is 0 Å². The zero-order chi connectivity index (χ0) is 12.3. The van der Waals surface area contributed by atoms with Gasteiger partial charge in [-0.05, 0) is 35.1 Å². The van der Waals surface area contributed by atoms with Crippen LogP contribution in [-0.4, -0.2) is 28.1 Å². The van der Waals surface area contributed by atoms with Crippen molar-refractivity contribution in [2.75, 3.05) is 13.6 Å². The Morgan fingerprint density at radius 1 is 1.47 bits per heavy atom. The summed E-state index contributed by atoms with van der Waals surface area (Å²) < 4.78 is 3.02. The molecule has 0 atom stereocenters. The first kappa shape index (κ1) is 12.3. The molecule has 0 saturated carbocycles. The van der Waals surface area contributed by atoms with Crippen molar-refractivity contribution in [1.29, 1.82) is 0 Å². The molecule has 0 amide bonds. The van der Waals surface area contributed by atoms with Crippen molar-refractivity contribution in [2.45, 2.75) is 6.42 Å². The van der Waals surface area contributed by atoms with Crippen LogP contribution < -0.4 is 5.32 Å². The number of halogens is 1. The lowest BCUT2D eigenvalue weighted by Crippen LogP contribution is -2.12. The van der Waals surface area contributed by atoms with Gasteiger partial charge in [0.05, 0.1) is 5.69 Å². The van der Waals surface area contributed by atoms with E-state index in [4.69, 9.17) is 0 Å². The highest BCUT2D eigenvalue weighted by atomic mass is 79.9. The van der Waals surface area contributed by atoms with Gasteiger partial charge in [0.15, 0.2) is 0 Å². The molecule has 0 spiro atoms. The quantitative estimate of drug-likeness (QED) is 0.938. The summed E-state index contributed by atoms with van der Waals surface area (Å²) in [6, 6.07) is 3.94. The third-order valence-electron chi connectivity index (χ3n) is 2.70.